The van der Waals surface area contributed by atoms with Crippen LogP contribution in [0.15, 0.2) is 23.8 Å². The monoisotopic (exact) mass is 154 g/mol. The maximum absolute atomic E-state index is 9.23. The van der Waals surface area contributed by atoms with Crippen molar-refractivity contribution in [3.8, 4) is 0 Å². The van der Waals surface area contributed by atoms with E-state index in [4.69, 9.17) is 4.74 Å². The molecule has 0 amide bonds. The molecule has 0 aromatic rings. The maximum atomic E-state index is 9.23. The van der Waals surface area contributed by atoms with Gasteiger partial charge in [0.05, 0.1) is 0 Å². The minimum absolute atomic E-state index is 0.586. The molecule has 1 aliphatic carbocycles. The largest absolute Gasteiger partial charge is 0.364 e. The van der Waals surface area contributed by atoms with E-state index >= 15 is 0 Å². The Hall–Kier alpha value is -0.600. The molecule has 11 heavy (non-hydrogen) atoms. The quantitative estimate of drug-likeness (QED) is 0.610. The third kappa shape index (κ3) is 2.17. The molecular formula is C9H14O2. The molecule has 0 aromatic carbocycles. The van der Waals surface area contributed by atoms with Crippen molar-refractivity contribution in [1.82, 2.24) is 0 Å². The van der Waals surface area contributed by atoms with E-state index in [1.807, 2.05) is 12.2 Å². The summed E-state index contributed by atoms with van der Waals surface area (Å²) in [6.45, 7) is 2.14. The summed E-state index contributed by atoms with van der Waals surface area (Å²) >= 11 is 0. The molecule has 0 spiro atoms. The van der Waals surface area contributed by atoms with Gasteiger partial charge < -0.3 is 9.84 Å². The predicted octanol–water partition coefficient (Wildman–Crippen LogP) is 1.47. The fraction of sp³-hybridized carbons (Fsp3) is 0.556. The van der Waals surface area contributed by atoms with Crippen molar-refractivity contribution >= 4 is 0 Å². The lowest BCUT2D eigenvalue weighted by molar-refractivity contribution is -0.0424. The molecule has 62 valence electrons. The smallest absolute Gasteiger partial charge is 0.180 e. The molecule has 0 saturated heterocycles. The van der Waals surface area contributed by atoms with Gasteiger partial charge in [0.15, 0.2) is 6.29 Å². The van der Waals surface area contributed by atoms with Crippen LogP contribution in [-0.2, 0) is 4.74 Å². The van der Waals surface area contributed by atoms with Gasteiger partial charge in [0.25, 0.3) is 0 Å². The van der Waals surface area contributed by atoms with Gasteiger partial charge in [0, 0.05) is 12.7 Å². The number of ether oxygens (including phenoxy) is 1. The molecule has 0 aliphatic heterocycles. The van der Waals surface area contributed by atoms with Crippen molar-refractivity contribution in [2.24, 2.45) is 5.92 Å². The number of hydrogen-bond donors (Lipinski definition) is 1. The fourth-order valence-corrected chi connectivity index (χ4v) is 1.06. The Labute approximate surface area is 67.2 Å². The highest BCUT2D eigenvalue weighted by Gasteiger charge is 2.10. The number of allylic oxidation sites excluding steroid dienone is 2. The second-order valence-corrected chi connectivity index (χ2v) is 2.86. The number of aliphatic hydroxyl groups excluding tert-OH is 1. The lowest BCUT2D eigenvalue weighted by Gasteiger charge is -2.15. The molecule has 0 aromatic heterocycles. The average molecular weight is 154 g/mol. The molecule has 1 aliphatic rings. The molecule has 2 heteroatoms. The van der Waals surface area contributed by atoms with Crippen molar-refractivity contribution in [1.29, 1.82) is 0 Å². The number of rotatable bonds is 2. The van der Waals surface area contributed by atoms with Gasteiger partial charge in [-0.15, -0.1) is 0 Å². The minimum Gasteiger partial charge on any atom is -0.364 e. The standard InChI is InChI=1S/C9H14O2/c1-7-3-5-8(6-4-7)9(10)11-2/h3,5-7,9-10H,4H2,1-2H3. The van der Waals surface area contributed by atoms with Crippen LogP contribution in [0.2, 0.25) is 0 Å². The molecule has 0 fully saturated rings. The lowest BCUT2D eigenvalue weighted by Crippen LogP contribution is -2.13. The Kier molecular flexibility index (Phi) is 2.85. The highest BCUT2D eigenvalue weighted by atomic mass is 16.6. The summed E-state index contributed by atoms with van der Waals surface area (Å²) in [6, 6.07) is 0. The molecular weight excluding hydrogens is 140 g/mol. The highest BCUT2D eigenvalue weighted by Crippen LogP contribution is 2.17. The van der Waals surface area contributed by atoms with Gasteiger partial charge in [-0.1, -0.05) is 25.2 Å². The molecule has 2 atom stereocenters. The third-order valence-electron chi connectivity index (χ3n) is 1.85. The first-order valence-electron chi connectivity index (χ1n) is 3.83. The van der Waals surface area contributed by atoms with E-state index in [2.05, 4.69) is 13.0 Å². The van der Waals surface area contributed by atoms with Gasteiger partial charge in [0.1, 0.15) is 0 Å². The number of aliphatic hydroxyl groups is 1. The fourth-order valence-electron chi connectivity index (χ4n) is 1.06. The van der Waals surface area contributed by atoms with Crippen molar-refractivity contribution in [3.63, 3.8) is 0 Å². The van der Waals surface area contributed by atoms with Gasteiger partial charge in [-0.25, -0.2) is 0 Å². The average Bonchev–Trinajstić information content (AvgIpc) is 2.05. The predicted molar refractivity (Wildman–Crippen MR) is 44.0 cm³/mol. The van der Waals surface area contributed by atoms with E-state index in [1.165, 1.54) is 7.11 Å². The summed E-state index contributed by atoms with van der Waals surface area (Å²) in [5.74, 6) is 0.586. The topological polar surface area (TPSA) is 29.5 Å². The molecule has 2 nitrogen and oxygen atoms in total. The van der Waals surface area contributed by atoms with Crippen molar-refractivity contribution in [2.75, 3.05) is 7.11 Å². The molecule has 1 rings (SSSR count). The lowest BCUT2D eigenvalue weighted by atomic mass is 9.98. The molecule has 0 radical (unpaired) electrons. The first-order chi connectivity index (χ1) is 5.24. The second kappa shape index (κ2) is 3.69. The van der Waals surface area contributed by atoms with Gasteiger partial charge in [0.2, 0.25) is 0 Å². The molecule has 0 bridgehead atoms. The van der Waals surface area contributed by atoms with E-state index in [0.717, 1.165) is 12.0 Å². The van der Waals surface area contributed by atoms with Gasteiger partial charge in [-0.2, -0.15) is 0 Å². The van der Waals surface area contributed by atoms with Crippen LogP contribution in [0.4, 0.5) is 0 Å². The van der Waals surface area contributed by atoms with E-state index in [0.29, 0.717) is 5.92 Å². The van der Waals surface area contributed by atoms with Gasteiger partial charge >= 0.3 is 0 Å². The Morgan fingerprint density at radius 3 is 2.91 bits per heavy atom. The van der Waals surface area contributed by atoms with Crippen LogP contribution in [-0.4, -0.2) is 18.5 Å². The third-order valence-corrected chi connectivity index (χ3v) is 1.85. The number of hydrogen-bond acceptors (Lipinski definition) is 2. The first-order valence-corrected chi connectivity index (χ1v) is 3.83. The highest BCUT2D eigenvalue weighted by molar-refractivity contribution is 5.25. The van der Waals surface area contributed by atoms with Crippen LogP contribution in [0.1, 0.15) is 13.3 Å². The molecule has 2 unspecified atom stereocenters. The second-order valence-electron chi connectivity index (χ2n) is 2.86. The number of methoxy groups -OCH3 is 1. The molecule has 0 saturated carbocycles. The summed E-state index contributed by atoms with van der Waals surface area (Å²) in [5.41, 5.74) is 0.866. The summed E-state index contributed by atoms with van der Waals surface area (Å²) in [6.07, 6.45) is 6.25. The van der Waals surface area contributed by atoms with E-state index < -0.39 is 6.29 Å². The Morgan fingerprint density at radius 2 is 2.45 bits per heavy atom. The zero-order valence-electron chi connectivity index (χ0n) is 6.95. The van der Waals surface area contributed by atoms with Crippen LogP contribution in [0, 0.1) is 5.92 Å². The zero-order chi connectivity index (χ0) is 8.27. The van der Waals surface area contributed by atoms with E-state index in [-0.39, 0.29) is 0 Å². The zero-order valence-corrected chi connectivity index (χ0v) is 6.95. The SMILES string of the molecule is COC(O)C1=CCC(C)C=C1. The summed E-state index contributed by atoms with van der Waals surface area (Å²) in [5, 5.41) is 9.23. The molecule has 0 heterocycles. The Bertz CT molecular complexity index is 182. The summed E-state index contributed by atoms with van der Waals surface area (Å²) in [4.78, 5) is 0. The first kappa shape index (κ1) is 8.50. The van der Waals surface area contributed by atoms with E-state index in [1.54, 1.807) is 0 Å². The van der Waals surface area contributed by atoms with Crippen molar-refractivity contribution in [3.05, 3.63) is 23.8 Å². The van der Waals surface area contributed by atoms with Crippen molar-refractivity contribution in [2.45, 2.75) is 19.6 Å². The summed E-state index contributed by atoms with van der Waals surface area (Å²) < 4.78 is 4.76. The van der Waals surface area contributed by atoms with Crippen LogP contribution in [0.3, 0.4) is 0 Å². The van der Waals surface area contributed by atoms with Crippen LogP contribution < -0.4 is 0 Å². The van der Waals surface area contributed by atoms with Crippen LogP contribution >= 0.6 is 0 Å². The maximum Gasteiger partial charge on any atom is 0.180 e. The Balaban J connectivity index is 2.55. The molecule has 1 N–H and O–H groups in total. The minimum atomic E-state index is -0.751. The van der Waals surface area contributed by atoms with E-state index in [9.17, 15) is 5.11 Å². The van der Waals surface area contributed by atoms with Crippen molar-refractivity contribution < 1.29 is 9.84 Å². The van der Waals surface area contributed by atoms with Crippen LogP contribution in [0.5, 0.6) is 0 Å². The van der Waals surface area contributed by atoms with Gasteiger partial charge in [-0.05, 0) is 12.3 Å². The summed E-state index contributed by atoms with van der Waals surface area (Å²) in [7, 11) is 1.50. The van der Waals surface area contributed by atoms with Gasteiger partial charge in [-0.3, -0.25) is 0 Å². The Morgan fingerprint density at radius 1 is 1.73 bits per heavy atom. The normalized spacial score (nSPS) is 26.5. The van der Waals surface area contributed by atoms with Crippen LogP contribution in [0.25, 0.3) is 0 Å².